The normalized spacial score (nSPS) is 16.5. The summed E-state index contributed by atoms with van der Waals surface area (Å²) in [6, 6.07) is 10.4. The quantitative estimate of drug-likeness (QED) is 0.676. The van der Waals surface area contributed by atoms with E-state index in [2.05, 4.69) is 63.0 Å². The van der Waals surface area contributed by atoms with Crippen LogP contribution in [-0.4, -0.2) is 50.7 Å². The third-order valence-corrected chi connectivity index (χ3v) is 6.11. The van der Waals surface area contributed by atoms with Crippen LogP contribution < -0.4 is 0 Å². The first-order valence-corrected chi connectivity index (χ1v) is 10.5. The van der Waals surface area contributed by atoms with Crippen molar-refractivity contribution in [3.05, 3.63) is 63.9 Å². The molecule has 4 rings (SSSR count). The summed E-state index contributed by atoms with van der Waals surface area (Å²) in [5.41, 5.74) is 4.89. The smallest absolute Gasteiger partial charge is 0.107 e. The maximum atomic E-state index is 4.81. The maximum absolute atomic E-state index is 4.81. The molecule has 5 nitrogen and oxygen atoms in total. The van der Waals surface area contributed by atoms with Gasteiger partial charge in [-0.3, -0.25) is 9.80 Å². The maximum Gasteiger partial charge on any atom is 0.107 e. The van der Waals surface area contributed by atoms with Crippen LogP contribution in [0.5, 0.6) is 0 Å². The minimum absolute atomic E-state index is 0.982. The van der Waals surface area contributed by atoms with Crippen LogP contribution in [0.2, 0.25) is 0 Å². The highest BCUT2D eigenvalue weighted by molar-refractivity contribution is 7.09. The fourth-order valence-corrected chi connectivity index (χ4v) is 4.47. The lowest BCUT2D eigenvalue weighted by molar-refractivity contribution is 0.246. The molecule has 3 aromatic rings. The lowest BCUT2D eigenvalue weighted by Crippen LogP contribution is -2.30. The molecule has 3 heterocycles. The van der Waals surface area contributed by atoms with Gasteiger partial charge in [-0.15, -0.1) is 11.3 Å². The second-order valence-corrected chi connectivity index (χ2v) is 8.21. The highest BCUT2D eigenvalue weighted by Crippen LogP contribution is 2.20. The van der Waals surface area contributed by atoms with Gasteiger partial charge in [-0.2, -0.15) is 5.10 Å². The van der Waals surface area contributed by atoms with Gasteiger partial charge >= 0.3 is 0 Å². The first-order valence-electron chi connectivity index (χ1n) is 9.64. The zero-order chi connectivity index (χ0) is 18.6. The number of aromatic nitrogens is 3. The molecule has 1 aliphatic heterocycles. The number of para-hydroxylation sites is 1. The zero-order valence-electron chi connectivity index (χ0n) is 16.1. The highest BCUT2D eigenvalue weighted by atomic mass is 32.1. The van der Waals surface area contributed by atoms with E-state index in [0.717, 1.165) is 50.6 Å². The molecule has 0 amide bonds. The van der Waals surface area contributed by atoms with Gasteiger partial charge in [-0.1, -0.05) is 18.2 Å². The molecule has 0 spiro atoms. The molecule has 1 saturated heterocycles. The Morgan fingerprint density at radius 1 is 0.963 bits per heavy atom. The van der Waals surface area contributed by atoms with E-state index >= 15 is 0 Å². The van der Waals surface area contributed by atoms with Gasteiger partial charge in [0.2, 0.25) is 0 Å². The summed E-state index contributed by atoms with van der Waals surface area (Å²) in [5.74, 6) is 0. The van der Waals surface area contributed by atoms with Crippen LogP contribution in [0.25, 0.3) is 5.69 Å². The van der Waals surface area contributed by atoms with Crippen molar-refractivity contribution < 1.29 is 0 Å². The van der Waals surface area contributed by atoms with E-state index < -0.39 is 0 Å². The molecular weight excluding hydrogens is 354 g/mol. The van der Waals surface area contributed by atoms with Crippen LogP contribution in [0.4, 0.5) is 0 Å². The van der Waals surface area contributed by atoms with Crippen LogP contribution in [0.3, 0.4) is 0 Å². The molecular formula is C21H27N5S. The minimum Gasteiger partial charge on any atom is -0.298 e. The summed E-state index contributed by atoms with van der Waals surface area (Å²) in [4.78, 5) is 9.55. The van der Waals surface area contributed by atoms with Crippen molar-refractivity contribution in [2.45, 2.75) is 33.4 Å². The number of aryl methyl sites for hydroxylation is 1. The predicted octanol–water partition coefficient (Wildman–Crippen LogP) is 3.65. The molecule has 6 heteroatoms. The summed E-state index contributed by atoms with van der Waals surface area (Å²) >= 11 is 1.75. The number of rotatable bonds is 5. The van der Waals surface area contributed by atoms with E-state index in [4.69, 9.17) is 5.10 Å². The Labute approximate surface area is 165 Å². The predicted molar refractivity (Wildman–Crippen MR) is 110 cm³/mol. The molecule has 0 unspecified atom stereocenters. The van der Waals surface area contributed by atoms with Crippen molar-refractivity contribution in [3.63, 3.8) is 0 Å². The van der Waals surface area contributed by atoms with Crippen LogP contribution in [0.15, 0.2) is 41.9 Å². The summed E-state index contributed by atoms with van der Waals surface area (Å²) in [6.45, 7) is 10.8. The summed E-state index contributed by atoms with van der Waals surface area (Å²) in [5, 5.41) is 8.09. The lowest BCUT2D eigenvalue weighted by Gasteiger charge is -2.21. The fraction of sp³-hybridized carbons (Fsp3) is 0.429. The van der Waals surface area contributed by atoms with Crippen LogP contribution >= 0.6 is 11.3 Å². The summed E-state index contributed by atoms with van der Waals surface area (Å²) in [6.07, 6.45) is 3.11. The van der Waals surface area contributed by atoms with Crippen molar-refractivity contribution >= 4 is 11.3 Å². The van der Waals surface area contributed by atoms with E-state index in [1.54, 1.807) is 11.3 Å². The standard InChI is InChI=1S/C21H27N5S/c1-17-20(18(2)26(23-17)19-7-4-3-5-8-19)15-24-10-6-11-25(13-12-24)16-21-22-9-14-27-21/h3-5,7-9,14H,6,10-13,15-16H2,1-2H3. The Kier molecular flexibility index (Phi) is 5.66. The number of thiazole rings is 1. The van der Waals surface area contributed by atoms with Gasteiger partial charge in [0, 0.05) is 42.5 Å². The second kappa shape index (κ2) is 8.33. The van der Waals surface area contributed by atoms with Gasteiger partial charge in [0.15, 0.2) is 0 Å². The summed E-state index contributed by atoms with van der Waals surface area (Å²) in [7, 11) is 0. The molecule has 27 heavy (non-hydrogen) atoms. The molecule has 0 saturated carbocycles. The van der Waals surface area contributed by atoms with E-state index in [-0.39, 0.29) is 0 Å². The Bertz CT molecular complexity index is 856. The first kappa shape index (κ1) is 18.3. The van der Waals surface area contributed by atoms with Crippen molar-refractivity contribution in [2.75, 3.05) is 26.2 Å². The van der Waals surface area contributed by atoms with Gasteiger partial charge in [0.05, 0.1) is 17.9 Å². The number of benzene rings is 1. The third-order valence-electron chi connectivity index (χ3n) is 5.35. The largest absolute Gasteiger partial charge is 0.298 e. The van der Waals surface area contributed by atoms with Gasteiger partial charge < -0.3 is 0 Å². The minimum atomic E-state index is 0.982. The topological polar surface area (TPSA) is 37.2 Å². The Balaban J connectivity index is 1.43. The summed E-state index contributed by atoms with van der Waals surface area (Å²) < 4.78 is 2.08. The van der Waals surface area contributed by atoms with E-state index in [1.165, 1.54) is 22.7 Å². The van der Waals surface area contributed by atoms with Crippen LogP contribution in [0, 0.1) is 13.8 Å². The van der Waals surface area contributed by atoms with Crippen molar-refractivity contribution in [3.8, 4) is 5.69 Å². The average Bonchev–Trinajstić information content (AvgIpc) is 3.21. The van der Waals surface area contributed by atoms with Crippen LogP contribution in [-0.2, 0) is 13.1 Å². The molecule has 0 radical (unpaired) electrons. The third kappa shape index (κ3) is 4.29. The molecule has 142 valence electrons. The van der Waals surface area contributed by atoms with E-state index in [0.29, 0.717) is 0 Å². The monoisotopic (exact) mass is 381 g/mol. The van der Waals surface area contributed by atoms with E-state index in [1.807, 2.05) is 12.3 Å². The highest BCUT2D eigenvalue weighted by Gasteiger charge is 2.19. The molecule has 0 N–H and O–H groups in total. The molecule has 0 bridgehead atoms. The molecule has 2 aromatic heterocycles. The Morgan fingerprint density at radius 3 is 2.41 bits per heavy atom. The molecule has 0 aliphatic carbocycles. The average molecular weight is 382 g/mol. The zero-order valence-corrected chi connectivity index (χ0v) is 17.0. The number of hydrogen-bond acceptors (Lipinski definition) is 5. The van der Waals surface area contributed by atoms with Crippen molar-refractivity contribution in [1.29, 1.82) is 0 Å². The second-order valence-electron chi connectivity index (χ2n) is 7.23. The molecule has 1 aromatic carbocycles. The molecule has 1 fully saturated rings. The van der Waals surface area contributed by atoms with Gasteiger partial charge in [-0.25, -0.2) is 9.67 Å². The van der Waals surface area contributed by atoms with Crippen LogP contribution in [0.1, 0.15) is 28.4 Å². The van der Waals surface area contributed by atoms with Gasteiger partial charge in [0.25, 0.3) is 0 Å². The first-order chi connectivity index (χ1) is 13.2. The number of nitrogens with zero attached hydrogens (tertiary/aromatic N) is 5. The molecule has 1 aliphatic rings. The number of hydrogen-bond donors (Lipinski definition) is 0. The molecule has 0 atom stereocenters. The van der Waals surface area contributed by atoms with Crippen molar-refractivity contribution in [1.82, 2.24) is 24.6 Å². The van der Waals surface area contributed by atoms with Gasteiger partial charge in [-0.05, 0) is 45.5 Å². The Hall–Kier alpha value is -2.02. The van der Waals surface area contributed by atoms with Crippen molar-refractivity contribution in [2.24, 2.45) is 0 Å². The van der Waals surface area contributed by atoms with Gasteiger partial charge in [0.1, 0.15) is 5.01 Å². The fourth-order valence-electron chi connectivity index (χ4n) is 3.81. The SMILES string of the molecule is Cc1nn(-c2ccccc2)c(C)c1CN1CCCN(Cc2nccs2)CC1. The lowest BCUT2D eigenvalue weighted by atomic mass is 10.1. The van der Waals surface area contributed by atoms with E-state index in [9.17, 15) is 0 Å². The Morgan fingerprint density at radius 2 is 1.70 bits per heavy atom.